The summed E-state index contributed by atoms with van der Waals surface area (Å²) in [7, 11) is 0. The SMILES string of the molecule is CCNc1ccc(C(=O)Nc2ccnn2C(C)C)cc1C. The number of amides is 1. The molecule has 5 heteroatoms. The molecule has 21 heavy (non-hydrogen) atoms. The highest BCUT2D eigenvalue weighted by atomic mass is 16.1. The van der Waals surface area contributed by atoms with Crippen LogP contribution in [0.5, 0.6) is 0 Å². The first kappa shape index (κ1) is 15.1. The molecule has 2 aromatic rings. The van der Waals surface area contributed by atoms with E-state index in [1.54, 1.807) is 16.9 Å². The Labute approximate surface area is 125 Å². The zero-order valence-corrected chi connectivity index (χ0v) is 13.0. The van der Waals surface area contributed by atoms with Crippen molar-refractivity contribution in [1.82, 2.24) is 9.78 Å². The van der Waals surface area contributed by atoms with Crippen molar-refractivity contribution in [2.24, 2.45) is 0 Å². The minimum Gasteiger partial charge on any atom is -0.385 e. The van der Waals surface area contributed by atoms with Gasteiger partial charge in [-0.3, -0.25) is 4.79 Å². The monoisotopic (exact) mass is 286 g/mol. The first-order chi connectivity index (χ1) is 10.0. The topological polar surface area (TPSA) is 59.0 Å². The summed E-state index contributed by atoms with van der Waals surface area (Å²) in [4.78, 5) is 12.3. The van der Waals surface area contributed by atoms with Crippen LogP contribution in [0.2, 0.25) is 0 Å². The van der Waals surface area contributed by atoms with Crippen molar-refractivity contribution in [2.45, 2.75) is 33.7 Å². The first-order valence-electron chi connectivity index (χ1n) is 7.22. The quantitative estimate of drug-likeness (QED) is 0.885. The van der Waals surface area contributed by atoms with Crippen LogP contribution < -0.4 is 10.6 Å². The van der Waals surface area contributed by atoms with E-state index in [0.29, 0.717) is 11.4 Å². The third-order valence-electron chi connectivity index (χ3n) is 3.26. The Hall–Kier alpha value is -2.30. The molecule has 0 aliphatic heterocycles. The van der Waals surface area contributed by atoms with E-state index in [1.807, 2.05) is 45.9 Å². The van der Waals surface area contributed by atoms with Gasteiger partial charge in [-0.05, 0) is 51.5 Å². The molecule has 0 saturated carbocycles. The lowest BCUT2D eigenvalue weighted by Crippen LogP contribution is -2.17. The van der Waals surface area contributed by atoms with E-state index < -0.39 is 0 Å². The summed E-state index contributed by atoms with van der Waals surface area (Å²) in [6.07, 6.45) is 1.69. The van der Waals surface area contributed by atoms with Gasteiger partial charge in [-0.2, -0.15) is 5.10 Å². The zero-order chi connectivity index (χ0) is 15.4. The molecule has 2 rings (SSSR count). The van der Waals surface area contributed by atoms with Gasteiger partial charge in [0.1, 0.15) is 5.82 Å². The summed E-state index contributed by atoms with van der Waals surface area (Å²) in [6, 6.07) is 7.67. The number of aryl methyl sites for hydroxylation is 1. The Balaban J connectivity index is 2.17. The molecule has 1 amide bonds. The van der Waals surface area contributed by atoms with Crippen LogP contribution in [0.3, 0.4) is 0 Å². The molecule has 0 aliphatic carbocycles. The van der Waals surface area contributed by atoms with Crippen LogP contribution in [0.4, 0.5) is 11.5 Å². The maximum absolute atomic E-state index is 12.3. The molecule has 1 aromatic heterocycles. The van der Waals surface area contributed by atoms with Gasteiger partial charge in [-0.25, -0.2) is 4.68 Å². The molecule has 1 heterocycles. The van der Waals surface area contributed by atoms with Crippen LogP contribution in [0.15, 0.2) is 30.5 Å². The highest BCUT2D eigenvalue weighted by Crippen LogP contribution is 2.18. The highest BCUT2D eigenvalue weighted by Gasteiger charge is 2.12. The number of nitrogens with zero attached hydrogens (tertiary/aromatic N) is 2. The van der Waals surface area contributed by atoms with E-state index in [4.69, 9.17) is 0 Å². The molecule has 5 nitrogen and oxygen atoms in total. The minimum atomic E-state index is -0.122. The smallest absolute Gasteiger partial charge is 0.256 e. The molecule has 0 aliphatic rings. The van der Waals surface area contributed by atoms with E-state index >= 15 is 0 Å². The van der Waals surface area contributed by atoms with Crippen LogP contribution in [-0.4, -0.2) is 22.2 Å². The molecule has 0 fully saturated rings. The number of hydrogen-bond acceptors (Lipinski definition) is 3. The second kappa shape index (κ2) is 6.43. The van der Waals surface area contributed by atoms with Gasteiger partial charge in [0.15, 0.2) is 0 Å². The fourth-order valence-corrected chi connectivity index (χ4v) is 2.21. The van der Waals surface area contributed by atoms with Crippen molar-refractivity contribution in [2.75, 3.05) is 17.2 Å². The number of carbonyl (C=O) groups is 1. The fourth-order valence-electron chi connectivity index (χ4n) is 2.21. The Morgan fingerprint density at radius 1 is 1.33 bits per heavy atom. The van der Waals surface area contributed by atoms with E-state index in [2.05, 4.69) is 15.7 Å². The summed E-state index contributed by atoms with van der Waals surface area (Å²) < 4.78 is 1.79. The van der Waals surface area contributed by atoms with Gasteiger partial charge in [0.2, 0.25) is 0 Å². The molecule has 0 spiro atoms. The number of aromatic nitrogens is 2. The summed E-state index contributed by atoms with van der Waals surface area (Å²) in [5, 5.41) is 10.4. The lowest BCUT2D eigenvalue weighted by Gasteiger charge is -2.13. The normalized spacial score (nSPS) is 10.7. The van der Waals surface area contributed by atoms with Gasteiger partial charge in [0.05, 0.1) is 6.20 Å². The van der Waals surface area contributed by atoms with Gasteiger partial charge >= 0.3 is 0 Å². The van der Waals surface area contributed by atoms with Crippen molar-refractivity contribution >= 4 is 17.4 Å². The fraction of sp³-hybridized carbons (Fsp3) is 0.375. The Bertz CT molecular complexity index is 631. The molecule has 0 saturated heterocycles. The Morgan fingerprint density at radius 2 is 2.10 bits per heavy atom. The van der Waals surface area contributed by atoms with Crippen molar-refractivity contribution in [1.29, 1.82) is 0 Å². The largest absolute Gasteiger partial charge is 0.385 e. The molecule has 0 radical (unpaired) electrons. The molecular weight excluding hydrogens is 264 g/mol. The lowest BCUT2D eigenvalue weighted by molar-refractivity contribution is 0.102. The second-order valence-corrected chi connectivity index (χ2v) is 5.27. The van der Waals surface area contributed by atoms with Gasteiger partial charge < -0.3 is 10.6 Å². The number of benzene rings is 1. The molecular formula is C16H22N4O. The van der Waals surface area contributed by atoms with Crippen molar-refractivity contribution in [3.8, 4) is 0 Å². The molecule has 112 valence electrons. The average molecular weight is 286 g/mol. The molecule has 0 unspecified atom stereocenters. The van der Waals surface area contributed by atoms with Crippen molar-refractivity contribution < 1.29 is 4.79 Å². The first-order valence-corrected chi connectivity index (χ1v) is 7.22. The Kier molecular flexibility index (Phi) is 4.62. The number of anilines is 2. The molecule has 0 bridgehead atoms. The van der Waals surface area contributed by atoms with Crippen LogP contribution >= 0.6 is 0 Å². The lowest BCUT2D eigenvalue weighted by atomic mass is 10.1. The number of hydrogen-bond donors (Lipinski definition) is 2. The highest BCUT2D eigenvalue weighted by molar-refractivity contribution is 6.04. The van der Waals surface area contributed by atoms with Gasteiger partial charge in [-0.15, -0.1) is 0 Å². The average Bonchev–Trinajstić information content (AvgIpc) is 2.89. The van der Waals surface area contributed by atoms with Crippen LogP contribution in [-0.2, 0) is 0 Å². The van der Waals surface area contributed by atoms with E-state index in [0.717, 1.165) is 17.8 Å². The van der Waals surface area contributed by atoms with Crippen LogP contribution in [0.25, 0.3) is 0 Å². The summed E-state index contributed by atoms with van der Waals surface area (Å²) >= 11 is 0. The van der Waals surface area contributed by atoms with Crippen LogP contribution in [0.1, 0.15) is 42.7 Å². The van der Waals surface area contributed by atoms with Gasteiger partial charge in [-0.1, -0.05) is 0 Å². The van der Waals surface area contributed by atoms with E-state index in [1.165, 1.54) is 0 Å². The maximum atomic E-state index is 12.3. The van der Waals surface area contributed by atoms with Crippen molar-refractivity contribution in [3.63, 3.8) is 0 Å². The van der Waals surface area contributed by atoms with Gasteiger partial charge in [0.25, 0.3) is 5.91 Å². The van der Waals surface area contributed by atoms with Crippen molar-refractivity contribution in [3.05, 3.63) is 41.6 Å². The number of rotatable bonds is 5. The van der Waals surface area contributed by atoms with E-state index in [9.17, 15) is 4.79 Å². The van der Waals surface area contributed by atoms with Crippen LogP contribution in [0, 0.1) is 6.92 Å². The zero-order valence-electron chi connectivity index (χ0n) is 13.0. The van der Waals surface area contributed by atoms with E-state index in [-0.39, 0.29) is 11.9 Å². The maximum Gasteiger partial charge on any atom is 0.256 e. The Morgan fingerprint density at radius 3 is 2.71 bits per heavy atom. The summed E-state index contributed by atoms with van der Waals surface area (Å²) in [5.41, 5.74) is 2.76. The minimum absolute atomic E-state index is 0.122. The number of carbonyl (C=O) groups excluding carboxylic acids is 1. The molecule has 0 atom stereocenters. The third kappa shape index (κ3) is 3.42. The standard InChI is InChI=1S/C16H22N4O/c1-5-17-14-7-6-13(10-12(14)4)16(21)19-15-8-9-18-20(15)11(2)3/h6-11,17H,5H2,1-4H3,(H,19,21). The second-order valence-electron chi connectivity index (χ2n) is 5.27. The predicted molar refractivity (Wildman–Crippen MR) is 85.9 cm³/mol. The van der Waals surface area contributed by atoms with Gasteiger partial charge in [0, 0.05) is 29.9 Å². The number of nitrogens with one attached hydrogen (secondary N) is 2. The third-order valence-corrected chi connectivity index (χ3v) is 3.26. The summed E-state index contributed by atoms with van der Waals surface area (Å²) in [5.74, 6) is 0.590. The molecule has 2 N–H and O–H groups in total. The summed E-state index contributed by atoms with van der Waals surface area (Å²) in [6.45, 7) is 8.95. The predicted octanol–water partition coefficient (Wildman–Crippen LogP) is 3.46. The molecule has 1 aromatic carbocycles.